The summed E-state index contributed by atoms with van der Waals surface area (Å²) in [7, 11) is 0. The summed E-state index contributed by atoms with van der Waals surface area (Å²) in [6.45, 7) is 0. The van der Waals surface area contributed by atoms with Gasteiger partial charge in [0.05, 0.1) is 0 Å². The second-order valence-corrected chi connectivity index (χ2v) is 0.283. The molecule has 0 unspecified atom stereocenters. The molecule has 36 valence electrons. The van der Waals surface area contributed by atoms with E-state index in [1.54, 1.807) is 0 Å². The van der Waals surface area contributed by atoms with Crippen LogP contribution in [0.1, 0.15) is 0 Å². The quantitative estimate of drug-likeness (QED) is 0.473. The Kier molecular flexibility index (Phi) is 25.2. The van der Waals surface area contributed by atoms with Crippen molar-refractivity contribution in [2.45, 2.75) is 0 Å². The first-order valence-electron chi connectivity index (χ1n) is 0.651. The third-order valence-electron chi connectivity index (χ3n) is 0. The molecule has 0 aromatic rings. The van der Waals surface area contributed by atoms with Crippen LogP contribution >= 0.6 is 0 Å². The van der Waals surface area contributed by atoms with Gasteiger partial charge in [-0.3, -0.25) is 0 Å². The van der Waals surface area contributed by atoms with Gasteiger partial charge in [0.1, 0.15) is 0 Å². The van der Waals surface area contributed by atoms with Gasteiger partial charge in [-0.2, -0.15) is 0 Å². The number of rotatable bonds is 0. The van der Waals surface area contributed by atoms with E-state index in [9.17, 15) is 0 Å². The van der Waals surface area contributed by atoms with Crippen LogP contribution in [0.4, 0.5) is 4.79 Å². The van der Waals surface area contributed by atoms with E-state index in [1.807, 2.05) is 0 Å². The molecular formula is CH3KNiO3. The number of hydrogen-bond acceptors (Lipinski definition) is 1. The van der Waals surface area contributed by atoms with E-state index in [0.29, 0.717) is 0 Å². The van der Waals surface area contributed by atoms with Gasteiger partial charge in [0.2, 0.25) is 0 Å². The van der Waals surface area contributed by atoms with Crippen LogP contribution in [0.5, 0.6) is 0 Å². The van der Waals surface area contributed by atoms with Crippen LogP contribution in [-0.2, 0) is 16.5 Å². The maximum Gasteiger partial charge on any atom is 0 e. The third kappa shape index (κ3) is 53.3. The number of carboxylic acid groups (broad SMARTS) is 2. The third-order valence-corrected chi connectivity index (χ3v) is 0. The zero-order chi connectivity index (χ0) is 3.58. The van der Waals surface area contributed by atoms with Crippen LogP contribution in [0.2, 0.25) is 0 Å². The zero-order valence-corrected chi connectivity index (χ0v) is 3.11. The van der Waals surface area contributed by atoms with E-state index in [0.717, 1.165) is 0 Å². The van der Waals surface area contributed by atoms with Crippen molar-refractivity contribution in [2.75, 3.05) is 0 Å². The second-order valence-electron chi connectivity index (χ2n) is 0.283. The standard InChI is InChI=1S/CH2O3.K.Ni.H/c2-1(3)4;;;/h(H2,2,3,4);;;. The topological polar surface area (TPSA) is 57.5 Å². The average Bonchev–Trinajstić information content (AvgIpc) is 0.811. The van der Waals surface area contributed by atoms with Crippen LogP contribution in [0, 0.1) is 0 Å². The van der Waals surface area contributed by atoms with Crippen molar-refractivity contribution in [2.24, 2.45) is 0 Å². The molecule has 0 aliphatic heterocycles. The summed E-state index contributed by atoms with van der Waals surface area (Å²) in [5, 5.41) is 13.9. The Labute approximate surface area is 87.5 Å². The first-order valence-corrected chi connectivity index (χ1v) is 0.651. The molecule has 0 saturated carbocycles. The van der Waals surface area contributed by atoms with E-state index < -0.39 is 6.16 Å². The molecule has 0 heterocycles. The Balaban J connectivity index is -0.0000000450. The van der Waals surface area contributed by atoms with E-state index in [1.165, 1.54) is 0 Å². The minimum Gasteiger partial charge on any atom is 0 e. The summed E-state index contributed by atoms with van der Waals surface area (Å²) in [5.74, 6) is 0. The Hall–Kier alpha value is 1.40. The molecule has 0 aliphatic rings. The minimum atomic E-state index is -1.83. The molecule has 0 atom stereocenters. The van der Waals surface area contributed by atoms with Gasteiger partial charge in [-0.15, -0.1) is 0 Å². The average molecular weight is 161 g/mol. The molecule has 2 N–H and O–H groups in total. The van der Waals surface area contributed by atoms with Crippen LogP contribution in [0.15, 0.2) is 0 Å². The fourth-order valence-electron chi connectivity index (χ4n) is 0. The van der Waals surface area contributed by atoms with Crippen LogP contribution in [-0.4, -0.2) is 67.8 Å². The predicted molar refractivity (Wildman–Crippen MR) is 17.8 cm³/mol. The van der Waals surface area contributed by atoms with Crippen LogP contribution < -0.4 is 0 Å². The Morgan fingerprint density at radius 3 is 1.33 bits per heavy atom. The Bertz CT molecular complexity index is 33.8. The zero-order valence-electron chi connectivity index (χ0n) is 2.12. The van der Waals surface area contributed by atoms with Gasteiger partial charge in [0, 0.05) is 16.5 Å². The van der Waals surface area contributed by atoms with Crippen molar-refractivity contribution in [3.8, 4) is 0 Å². The SMILES string of the molecule is O=C(O)O.[KH].[Ni]. The van der Waals surface area contributed by atoms with Crippen molar-refractivity contribution in [1.82, 2.24) is 0 Å². The largest absolute Gasteiger partial charge is 0 e. The Morgan fingerprint density at radius 1 is 1.33 bits per heavy atom. The fourth-order valence-corrected chi connectivity index (χ4v) is 0. The molecule has 6 heavy (non-hydrogen) atoms. The van der Waals surface area contributed by atoms with Crippen LogP contribution in [0.3, 0.4) is 0 Å². The maximum atomic E-state index is 8.56. The van der Waals surface area contributed by atoms with Gasteiger partial charge < -0.3 is 10.2 Å². The molecule has 0 rings (SSSR count). The molecule has 0 saturated heterocycles. The molecular weight excluding hydrogens is 158 g/mol. The normalized spacial score (nSPS) is 4.00. The van der Waals surface area contributed by atoms with Gasteiger partial charge in [0.25, 0.3) is 0 Å². The van der Waals surface area contributed by atoms with Gasteiger partial charge in [-0.05, 0) is 0 Å². The molecule has 0 fully saturated rings. The van der Waals surface area contributed by atoms with Gasteiger partial charge in [-0.1, -0.05) is 0 Å². The number of hydrogen-bond donors (Lipinski definition) is 2. The summed E-state index contributed by atoms with van der Waals surface area (Å²) in [4.78, 5) is 8.56. The molecule has 0 aliphatic carbocycles. The summed E-state index contributed by atoms with van der Waals surface area (Å²) >= 11 is 0. The van der Waals surface area contributed by atoms with Crippen molar-refractivity contribution in [3.63, 3.8) is 0 Å². The molecule has 0 aromatic heterocycles. The second kappa shape index (κ2) is 9.64. The summed E-state index contributed by atoms with van der Waals surface area (Å²) in [6.07, 6.45) is -1.83. The minimum absolute atomic E-state index is 0. The molecule has 0 amide bonds. The van der Waals surface area contributed by atoms with Crippen molar-refractivity contribution in [3.05, 3.63) is 0 Å². The molecule has 0 radical (unpaired) electrons. The fraction of sp³-hybridized carbons (Fsp3) is 0. The smallest absolute Gasteiger partial charge is 0 e. The van der Waals surface area contributed by atoms with E-state index in [2.05, 4.69) is 0 Å². The molecule has 0 bridgehead atoms. The molecule has 0 aromatic carbocycles. The van der Waals surface area contributed by atoms with Gasteiger partial charge in [-0.25, -0.2) is 4.79 Å². The molecule has 3 nitrogen and oxygen atoms in total. The van der Waals surface area contributed by atoms with E-state index >= 15 is 0 Å². The summed E-state index contributed by atoms with van der Waals surface area (Å²) in [5.41, 5.74) is 0. The summed E-state index contributed by atoms with van der Waals surface area (Å²) in [6, 6.07) is 0. The van der Waals surface area contributed by atoms with Gasteiger partial charge in [0.15, 0.2) is 0 Å². The van der Waals surface area contributed by atoms with Gasteiger partial charge >= 0.3 is 57.5 Å². The molecule has 5 heteroatoms. The summed E-state index contributed by atoms with van der Waals surface area (Å²) < 4.78 is 0. The first kappa shape index (κ1) is 15.7. The van der Waals surface area contributed by atoms with E-state index in [4.69, 9.17) is 15.0 Å². The monoisotopic (exact) mass is 160 g/mol. The van der Waals surface area contributed by atoms with Crippen molar-refractivity contribution in [1.29, 1.82) is 0 Å². The number of carbonyl (C=O) groups is 1. The Morgan fingerprint density at radius 2 is 1.33 bits per heavy atom. The first-order chi connectivity index (χ1) is 1.73. The maximum absolute atomic E-state index is 8.56. The molecule has 0 spiro atoms. The van der Waals surface area contributed by atoms with Crippen LogP contribution in [0.25, 0.3) is 0 Å². The van der Waals surface area contributed by atoms with E-state index in [-0.39, 0.29) is 67.9 Å². The van der Waals surface area contributed by atoms with Crippen molar-refractivity contribution < 1.29 is 31.5 Å². The predicted octanol–water partition coefficient (Wildman–Crippen LogP) is -0.429. The van der Waals surface area contributed by atoms with Crippen molar-refractivity contribution >= 4 is 57.5 Å².